The first-order valence-corrected chi connectivity index (χ1v) is 10.3. The van der Waals surface area contributed by atoms with Crippen LogP contribution in [0.25, 0.3) is 0 Å². The second kappa shape index (κ2) is 9.78. The van der Waals surface area contributed by atoms with E-state index in [1.54, 1.807) is 18.2 Å². The predicted molar refractivity (Wildman–Crippen MR) is 113 cm³/mol. The number of ketones is 1. The minimum absolute atomic E-state index is 0.0229. The number of carbonyl (C=O) groups is 2. The highest BCUT2D eigenvalue weighted by Gasteiger charge is 2.23. The number of fused-ring (bicyclic) bond motifs is 1. The van der Waals surface area contributed by atoms with Crippen LogP contribution in [0.3, 0.4) is 0 Å². The second-order valence-electron chi connectivity index (χ2n) is 6.81. The van der Waals surface area contributed by atoms with Crippen molar-refractivity contribution in [3.63, 3.8) is 0 Å². The lowest BCUT2D eigenvalue weighted by atomic mass is 10.0. The maximum absolute atomic E-state index is 12.4. The Kier molecular flexibility index (Phi) is 7.14. The molecule has 1 unspecified atom stereocenters. The highest BCUT2D eigenvalue weighted by atomic mass is 79.9. The number of halogens is 1. The number of ether oxygens (including phenoxy) is 3. The Labute approximate surface area is 178 Å². The summed E-state index contributed by atoms with van der Waals surface area (Å²) >= 11 is 3.47. The van der Waals surface area contributed by atoms with Crippen molar-refractivity contribution in [2.24, 2.45) is 0 Å². The highest BCUT2D eigenvalue weighted by Crippen LogP contribution is 2.34. The predicted octanol–water partition coefficient (Wildman–Crippen LogP) is 4.46. The van der Waals surface area contributed by atoms with Crippen LogP contribution in [0.15, 0.2) is 40.9 Å². The van der Waals surface area contributed by atoms with Gasteiger partial charge >= 0.3 is 0 Å². The van der Waals surface area contributed by atoms with Crippen molar-refractivity contribution in [2.45, 2.75) is 32.2 Å². The average molecular weight is 462 g/mol. The van der Waals surface area contributed by atoms with Crippen molar-refractivity contribution < 1.29 is 23.8 Å². The summed E-state index contributed by atoms with van der Waals surface area (Å²) in [5, 5.41) is 3.09. The number of amides is 1. The highest BCUT2D eigenvalue weighted by molar-refractivity contribution is 9.10. The summed E-state index contributed by atoms with van der Waals surface area (Å²) in [4.78, 5) is 23.8. The summed E-state index contributed by atoms with van der Waals surface area (Å²) < 4.78 is 17.6. The van der Waals surface area contributed by atoms with Crippen molar-refractivity contribution in [3.8, 4) is 17.2 Å². The van der Waals surface area contributed by atoms with Gasteiger partial charge < -0.3 is 19.5 Å². The molecule has 0 fully saturated rings. The Morgan fingerprint density at radius 2 is 2.03 bits per heavy atom. The fourth-order valence-electron chi connectivity index (χ4n) is 3.20. The molecule has 0 aromatic heterocycles. The molecule has 0 bridgehead atoms. The molecular formula is C22H24BrNO5. The van der Waals surface area contributed by atoms with E-state index in [1.165, 1.54) is 14.0 Å². The number of hydrogen-bond acceptors (Lipinski definition) is 5. The molecule has 0 saturated carbocycles. The van der Waals surface area contributed by atoms with Gasteiger partial charge in [0.05, 0.1) is 26.4 Å². The molecule has 1 N–H and O–H groups in total. The molecular weight excluding hydrogens is 438 g/mol. The summed E-state index contributed by atoms with van der Waals surface area (Å²) in [7, 11) is 1.53. The third kappa shape index (κ3) is 5.50. The van der Waals surface area contributed by atoms with Gasteiger partial charge in [-0.15, -0.1) is 0 Å². The zero-order chi connectivity index (χ0) is 20.8. The Hall–Kier alpha value is -2.54. The minimum Gasteiger partial charge on any atom is -0.493 e. The van der Waals surface area contributed by atoms with Gasteiger partial charge in [-0.25, -0.2) is 0 Å². The number of benzene rings is 2. The van der Waals surface area contributed by atoms with Crippen LogP contribution in [0.2, 0.25) is 0 Å². The summed E-state index contributed by atoms with van der Waals surface area (Å²) in [5.74, 6) is 1.82. The average Bonchev–Trinajstić information content (AvgIpc) is 2.71. The Morgan fingerprint density at radius 3 is 2.79 bits per heavy atom. The zero-order valence-corrected chi connectivity index (χ0v) is 18.1. The maximum atomic E-state index is 12.4. The topological polar surface area (TPSA) is 73.9 Å². The first kappa shape index (κ1) is 21.2. The Bertz CT molecular complexity index is 899. The molecule has 0 radical (unpaired) electrons. The second-order valence-corrected chi connectivity index (χ2v) is 7.73. The number of hydrogen-bond donors (Lipinski definition) is 1. The van der Waals surface area contributed by atoms with Gasteiger partial charge in [-0.05, 0) is 49.7 Å². The Morgan fingerprint density at radius 1 is 1.21 bits per heavy atom. The summed E-state index contributed by atoms with van der Waals surface area (Å²) in [6.07, 6.45) is 1.66. The summed E-state index contributed by atoms with van der Waals surface area (Å²) in [6, 6.07) is 10.8. The van der Waals surface area contributed by atoms with Crippen LogP contribution in [-0.4, -0.2) is 32.0 Å². The Balaban J connectivity index is 1.49. The largest absolute Gasteiger partial charge is 0.493 e. The van der Waals surface area contributed by atoms with Crippen molar-refractivity contribution in [1.82, 2.24) is 5.32 Å². The van der Waals surface area contributed by atoms with E-state index < -0.39 is 0 Å². The lowest BCUT2D eigenvalue weighted by molar-refractivity contribution is -0.122. The lowest BCUT2D eigenvalue weighted by Gasteiger charge is -2.27. The molecule has 29 heavy (non-hydrogen) atoms. The van der Waals surface area contributed by atoms with Crippen molar-refractivity contribution in [1.29, 1.82) is 0 Å². The SMILES string of the molecule is COc1cc(C(C)=O)ccc1OCCCC(=O)NC1CCOc2ccc(Br)cc21. The van der Waals surface area contributed by atoms with Gasteiger partial charge in [0.25, 0.3) is 0 Å². The first-order chi connectivity index (χ1) is 14.0. The van der Waals surface area contributed by atoms with Gasteiger partial charge in [0.15, 0.2) is 17.3 Å². The van der Waals surface area contributed by atoms with E-state index in [9.17, 15) is 9.59 Å². The number of Topliss-reactive ketones (excluding diaryl/α,β-unsaturated/α-hetero) is 1. The maximum Gasteiger partial charge on any atom is 0.220 e. The van der Waals surface area contributed by atoms with Crippen LogP contribution in [0, 0.1) is 0 Å². The molecule has 1 heterocycles. The van der Waals surface area contributed by atoms with Crippen LogP contribution in [0.1, 0.15) is 48.1 Å². The van der Waals surface area contributed by atoms with Gasteiger partial charge in [-0.3, -0.25) is 9.59 Å². The van der Waals surface area contributed by atoms with Crippen LogP contribution in [0.4, 0.5) is 0 Å². The summed E-state index contributed by atoms with van der Waals surface area (Å²) in [5.41, 5.74) is 1.56. The van der Waals surface area contributed by atoms with E-state index in [0.29, 0.717) is 43.1 Å². The quantitative estimate of drug-likeness (QED) is 0.463. The van der Waals surface area contributed by atoms with E-state index in [1.807, 2.05) is 18.2 Å². The zero-order valence-electron chi connectivity index (χ0n) is 16.5. The molecule has 2 aromatic carbocycles. The van der Waals surface area contributed by atoms with E-state index >= 15 is 0 Å². The fourth-order valence-corrected chi connectivity index (χ4v) is 3.58. The van der Waals surface area contributed by atoms with Crippen LogP contribution in [0.5, 0.6) is 17.2 Å². The normalized spacial score (nSPS) is 15.1. The summed E-state index contributed by atoms with van der Waals surface area (Å²) in [6.45, 7) is 2.46. The smallest absolute Gasteiger partial charge is 0.220 e. The monoisotopic (exact) mass is 461 g/mol. The molecule has 6 nitrogen and oxygen atoms in total. The molecule has 0 saturated heterocycles. The number of methoxy groups -OCH3 is 1. The molecule has 1 aliphatic heterocycles. The van der Waals surface area contributed by atoms with Crippen molar-refractivity contribution >= 4 is 27.6 Å². The third-order valence-electron chi connectivity index (χ3n) is 4.72. The molecule has 0 aliphatic carbocycles. The molecule has 1 amide bonds. The van der Waals surface area contributed by atoms with Gasteiger partial charge in [0.1, 0.15) is 5.75 Å². The van der Waals surface area contributed by atoms with Crippen LogP contribution in [-0.2, 0) is 4.79 Å². The third-order valence-corrected chi connectivity index (χ3v) is 5.22. The number of carbonyl (C=O) groups excluding carboxylic acids is 2. The molecule has 3 rings (SSSR count). The first-order valence-electron chi connectivity index (χ1n) is 9.51. The minimum atomic E-state index is -0.0520. The molecule has 2 aromatic rings. The van der Waals surface area contributed by atoms with Gasteiger partial charge in [-0.2, -0.15) is 0 Å². The molecule has 1 aliphatic rings. The molecule has 154 valence electrons. The molecule has 7 heteroatoms. The standard InChI is InChI=1S/C22H24BrNO5/c1-14(25)15-5-7-20(21(12-15)27-2)28-10-3-4-22(26)24-18-9-11-29-19-8-6-16(23)13-17(18)19/h5-8,12-13,18H,3-4,9-11H2,1-2H3,(H,24,26). The lowest BCUT2D eigenvalue weighted by Crippen LogP contribution is -2.32. The number of rotatable bonds is 8. The van der Waals surface area contributed by atoms with Gasteiger partial charge in [0.2, 0.25) is 5.91 Å². The van der Waals surface area contributed by atoms with Gasteiger partial charge in [0, 0.05) is 28.4 Å². The van der Waals surface area contributed by atoms with Gasteiger partial charge in [-0.1, -0.05) is 15.9 Å². The van der Waals surface area contributed by atoms with Crippen LogP contribution >= 0.6 is 15.9 Å². The van der Waals surface area contributed by atoms with E-state index in [-0.39, 0.29) is 17.7 Å². The number of nitrogens with one attached hydrogen (secondary N) is 1. The fraction of sp³-hybridized carbons (Fsp3) is 0.364. The van der Waals surface area contributed by atoms with E-state index in [4.69, 9.17) is 14.2 Å². The van der Waals surface area contributed by atoms with E-state index in [2.05, 4.69) is 21.2 Å². The van der Waals surface area contributed by atoms with Crippen LogP contribution < -0.4 is 19.5 Å². The van der Waals surface area contributed by atoms with Crippen molar-refractivity contribution in [2.75, 3.05) is 20.3 Å². The van der Waals surface area contributed by atoms with Crippen molar-refractivity contribution in [3.05, 3.63) is 52.0 Å². The van der Waals surface area contributed by atoms with E-state index in [0.717, 1.165) is 22.2 Å². The molecule has 1 atom stereocenters. The molecule has 0 spiro atoms.